The molecule has 2 aromatic rings. The lowest BCUT2D eigenvalue weighted by molar-refractivity contribution is 0.634. The molecule has 2 heteroatoms. The highest BCUT2D eigenvalue weighted by molar-refractivity contribution is 6.08. The fourth-order valence-electron chi connectivity index (χ4n) is 4.46. The van der Waals surface area contributed by atoms with E-state index in [9.17, 15) is 0 Å². The molecule has 27 heavy (non-hydrogen) atoms. The van der Waals surface area contributed by atoms with Crippen LogP contribution in [0.1, 0.15) is 45.7 Å². The van der Waals surface area contributed by atoms with Crippen molar-refractivity contribution < 1.29 is 0 Å². The maximum atomic E-state index is 4.87. The molecule has 2 aromatic carbocycles. The van der Waals surface area contributed by atoms with Crippen LogP contribution in [0.2, 0.25) is 0 Å². The molecule has 2 aliphatic rings. The van der Waals surface area contributed by atoms with E-state index in [2.05, 4.69) is 106 Å². The number of allylic oxidation sites excluding steroid dienone is 4. The van der Waals surface area contributed by atoms with Gasteiger partial charge in [0.1, 0.15) is 0 Å². The van der Waals surface area contributed by atoms with Crippen molar-refractivity contribution in [3.05, 3.63) is 83.6 Å². The lowest BCUT2D eigenvalue weighted by atomic mass is 9.81. The number of anilines is 1. The Morgan fingerprint density at radius 3 is 2.26 bits per heavy atom. The SMILES string of the molecule is CCN1/C(=C/C=C/C2=Nc3ccccc3C2(C)C)C(C)(C)c2ccccc21. The van der Waals surface area contributed by atoms with Crippen LogP contribution in [0.3, 0.4) is 0 Å². The van der Waals surface area contributed by atoms with Crippen molar-refractivity contribution in [2.24, 2.45) is 4.99 Å². The van der Waals surface area contributed by atoms with E-state index in [1.807, 2.05) is 0 Å². The van der Waals surface area contributed by atoms with E-state index in [4.69, 9.17) is 4.99 Å². The van der Waals surface area contributed by atoms with Crippen LogP contribution in [0.25, 0.3) is 0 Å². The van der Waals surface area contributed by atoms with E-state index in [1.54, 1.807) is 0 Å². The van der Waals surface area contributed by atoms with Crippen molar-refractivity contribution in [3.8, 4) is 0 Å². The number of nitrogens with zero attached hydrogens (tertiary/aromatic N) is 2. The van der Waals surface area contributed by atoms with Gasteiger partial charge in [-0.3, -0.25) is 4.99 Å². The Morgan fingerprint density at radius 2 is 1.56 bits per heavy atom. The second kappa shape index (κ2) is 6.23. The molecule has 4 rings (SSSR count). The standard InChI is InChI=1S/C25H28N2/c1-6-27-21-15-10-8-13-19(21)25(4,5)23(27)17-11-16-22-24(2,3)18-12-7-9-14-20(18)26-22/h7-17H,6H2,1-5H3/b16-11+,23-17+. The number of hydrogen-bond acceptors (Lipinski definition) is 2. The molecular weight excluding hydrogens is 328 g/mol. The third-order valence-electron chi connectivity index (χ3n) is 6.08. The molecule has 0 atom stereocenters. The molecule has 0 radical (unpaired) electrons. The largest absolute Gasteiger partial charge is 0.344 e. The summed E-state index contributed by atoms with van der Waals surface area (Å²) < 4.78 is 0. The van der Waals surface area contributed by atoms with E-state index in [0.29, 0.717) is 0 Å². The lowest BCUT2D eigenvalue weighted by Crippen LogP contribution is -2.26. The zero-order valence-electron chi connectivity index (χ0n) is 17.0. The summed E-state index contributed by atoms with van der Waals surface area (Å²) in [4.78, 5) is 7.30. The second-order valence-corrected chi connectivity index (χ2v) is 8.44. The van der Waals surface area contributed by atoms with Gasteiger partial charge in [-0.15, -0.1) is 0 Å². The Balaban J connectivity index is 1.68. The summed E-state index contributed by atoms with van der Waals surface area (Å²) in [5, 5.41) is 0. The second-order valence-electron chi connectivity index (χ2n) is 8.44. The van der Waals surface area contributed by atoms with Gasteiger partial charge in [0.05, 0.1) is 11.4 Å². The van der Waals surface area contributed by atoms with Crippen LogP contribution >= 0.6 is 0 Å². The van der Waals surface area contributed by atoms with Gasteiger partial charge in [0.2, 0.25) is 0 Å². The predicted octanol–water partition coefficient (Wildman–Crippen LogP) is 6.31. The molecule has 0 aliphatic carbocycles. The summed E-state index contributed by atoms with van der Waals surface area (Å²) in [5.41, 5.74) is 7.55. The fraction of sp³-hybridized carbons (Fsp3) is 0.320. The first-order valence-electron chi connectivity index (χ1n) is 9.82. The number of benzene rings is 2. The molecule has 0 saturated heterocycles. The molecular formula is C25H28N2. The molecule has 0 amide bonds. The van der Waals surface area contributed by atoms with Crippen molar-refractivity contribution in [1.82, 2.24) is 0 Å². The average molecular weight is 357 g/mol. The summed E-state index contributed by atoms with van der Waals surface area (Å²) in [6.07, 6.45) is 6.63. The van der Waals surface area contributed by atoms with Crippen LogP contribution in [0.4, 0.5) is 11.4 Å². The van der Waals surface area contributed by atoms with Crippen LogP contribution < -0.4 is 4.90 Å². The summed E-state index contributed by atoms with van der Waals surface area (Å²) in [5.74, 6) is 0. The van der Waals surface area contributed by atoms with Crippen LogP contribution in [-0.2, 0) is 10.8 Å². The maximum absolute atomic E-state index is 4.87. The van der Waals surface area contributed by atoms with E-state index < -0.39 is 0 Å². The maximum Gasteiger partial charge on any atom is 0.0674 e. The molecule has 0 spiro atoms. The van der Waals surface area contributed by atoms with Gasteiger partial charge in [-0.25, -0.2) is 0 Å². The van der Waals surface area contributed by atoms with Crippen LogP contribution in [0.15, 0.2) is 77.4 Å². The number of rotatable bonds is 3. The van der Waals surface area contributed by atoms with Crippen molar-refractivity contribution >= 4 is 17.1 Å². The van der Waals surface area contributed by atoms with Gasteiger partial charge in [0, 0.05) is 28.8 Å². The molecule has 0 fully saturated rings. The van der Waals surface area contributed by atoms with Crippen molar-refractivity contribution in [1.29, 1.82) is 0 Å². The Bertz CT molecular complexity index is 973. The Kier molecular flexibility index (Phi) is 4.10. The van der Waals surface area contributed by atoms with E-state index in [0.717, 1.165) is 17.9 Å². The number of fused-ring (bicyclic) bond motifs is 2. The molecule has 0 aromatic heterocycles. The minimum Gasteiger partial charge on any atom is -0.344 e. The van der Waals surface area contributed by atoms with E-state index in [1.165, 1.54) is 22.5 Å². The zero-order chi connectivity index (χ0) is 19.2. The monoisotopic (exact) mass is 356 g/mol. The van der Waals surface area contributed by atoms with Gasteiger partial charge < -0.3 is 4.90 Å². The minimum absolute atomic E-state index is 0.00686. The van der Waals surface area contributed by atoms with Gasteiger partial charge in [0.25, 0.3) is 0 Å². The Morgan fingerprint density at radius 1 is 0.889 bits per heavy atom. The molecule has 2 heterocycles. The fourth-order valence-corrected chi connectivity index (χ4v) is 4.46. The minimum atomic E-state index is -0.0514. The quantitative estimate of drug-likeness (QED) is 0.629. The summed E-state index contributed by atoms with van der Waals surface area (Å²) >= 11 is 0. The summed E-state index contributed by atoms with van der Waals surface area (Å²) in [6.45, 7) is 12.3. The van der Waals surface area contributed by atoms with Crippen LogP contribution in [0.5, 0.6) is 0 Å². The van der Waals surface area contributed by atoms with Crippen molar-refractivity contribution in [2.45, 2.75) is 45.4 Å². The van der Waals surface area contributed by atoms with E-state index >= 15 is 0 Å². The third kappa shape index (κ3) is 2.66. The van der Waals surface area contributed by atoms with Crippen molar-refractivity contribution in [3.63, 3.8) is 0 Å². The first-order valence-corrected chi connectivity index (χ1v) is 9.82. The van der Waals surface area contributed by atoms with Gasteiger partial charge >= 0.3 is 0 Å². The van der Waals surface area contributed by atoms with Gasteiger partial charge in [0.15, 0.2) is 0 Å². The Labute approximate surface area is 162 Å². The first kappa shape index (κ1) is 17.8. The van der Waals surface area contributed by atoms with Crippen LogP contribution in [0, 0.1) is 0 Å². The van der Waals surface area contributed by atoms with Crippen molar-refractivity contribution in [2.75, 3.05) is 11.4 Å². The van der Waals surface area contributed by atoms with E-state index in [-0.39, 0.29) is 10.8 Å². The molecule has 2 nitrogen and oxygen atoms in total. The summed E-state index contributed by atoms with van der Waals surface area (Å²) in [6, 6.07) is 17.2. The smallest absolute Gasteiger partial charge is 0.0674 e. The third-order valence-corrected chi connectivity index (χ3v) is 6.08. The molecule has 0 bridgehead atoms. The normalized spacial score (nSPS) is 20.9. The number of likely N-dealkylation sites (N-methyl/N-ethyl adjacent to an activating group) is 1. The number of aliphatic imine (C=N–C) groups is 1. The zero-order valence-corrected chi connectivity index (χ0v) is 17.0. The first-order chi connectivity index (χ1) is 12.9. The predicted molar refractivity (Wildman–Crippen MR) is 116 cm³/mol. The Hall–Kier alpha value is -2.61. The van der Waals surface area contributed by atoms with Gasteiger partial charge in [-0.05, 0) is 42.3 Å². The topological polar surface area (TPSA) is 15.6 Å². The molecule has 2 aliphatic heterocycles. The number of hydrogen-bond donors (Lipinski definition) is 0. The van der Waals surface area contributed by atoms with Gasteiger partial charge in [-0.1, -0.05) is 70.2 Å². The molecule has 138 valence electrons. The lowest BCUT2D eigenvalue weighted by Gasteiger charge is -2.26. The highest BCUT2D eigenvalue weighted by atomic mass is 15.2. The van der Waals surface area contributed by atoms with Crippen LogP contribution in [-0.4, -0.2) is 12.3 Å². The summed E-state index contributed by atoms with van der Waals surface area (Å²) in [7, 11) is 0. The average Bonchev–Trinajstić information content (AvgIpc) is 3.04. The number of para-hydroxylation sites is 2. The molecule has 0 N–H and O–H groups in total. The molecule has 0 unspecified atom stereocenters. The highest BCUT2D eigenvalue weighted by Gasteiger charge is 2.39. The molecule has 0 saturated carbocycles. The van der Waals surface area contributed by atoms with Gasteiger partial charge in [-0.2, -0.15) is 0 Å². The highest BCUT2D eigenvalue weighted by Crippen LogP contribution is 2.47.